The molecule has 0 bridgehead atoms. The van der Waals surface area contributed by atoms with Crippen molar-refractivity contribution in [1.29, 1.82) is 0 Å². The molecule has 2 nitrogen and oxygen atoms in total. The van der Waals surface area contributed by atoms with Crippen molar-refractivity contribution in [3.8, 4) is 39.1 Å². The summed E-state index contributed by atoms with van der Waals surface area (Å²) in [5.74, 6) is 0. The number of anilines is 3. The van der Waals surface area contributed by atoms with Gasteiger partial charge in [-0.15, -0.1) is 11.3 Å². The number of fused-ring (bicyclic) bond motifs is 7. The Balaban J connectivity index is 1.01. The van der Waals surface area contributed by atoms with E-state index >= 15 is 0 Å². The molecule has 0 saturated carbocycles. The quantitative estimate of drug-likeness (QED) is 0.156. The average Bonchev–Trinajstić information content (AvgIpc) is 3.88. The summed E-state index contributed by atoms with van der Waals surface area (Å²) < 4.78 is 5.08. The Bertz CT molecular complexity index is 3520. The molecule has 0 radical (unpaired) electrons. The Morgan fingerprint density at radius 2 is 0.820 bits per heavy atom. The van der Waals surface area contributed by atoms with Gasteiger partial charge in [0.05, 0.1) is 22.4 Å². The highest BCUT2D eigenvalue weighted by Gasteiger charge is 2.21. The summed E-state index contributed by atoms with van der Waals surface area (Å²) in [6, 6.07) is 84.2. The zero-order chi connectivity index (χ0) is 40.3. The zero-order valence-corrected chi connectivity index (χ0v) is 34.1. The molecule has 0 aliphatic rings. The van der Waals surface area contributed by atoms with E-state index < -0.39 is 0 Å². The standard InChI is InChI=1S/C58H38N2S/c1-2-14-39(15-3-1)40-26-31-43(32-27-40)59(44-33-28-41(29-34-44)42-30-37-58-52(38-42)51-21-9-13-25-57(51)61-58)56-36-35-46(45-16-4-5-17-47(45)56)48-18-6-10-22-53(48)60-54-23-11-7-19-49(54)50-20-8-12-24-55(50)60/h1-38H. The molecule has 0 amide bonds. The van der Waals surface area contributed by atoms with Crippen molar-refractivity contribution in [2.45, 2.75) is 0 Å². The van der Waals surface area contributed by atoms with E-state index in [0.717, 1.165) is 22.7 Å². The summed E-state index contributed by atoms with van der Waals surface area (Å²) in [4.78, 5) is 2.42. The van der Waals surface area contributed by atoms with Gasteiger partial charge in [0, 0.05) is 53.3 Å². The Kier molecular flexibility index (Phi) is 8.39. The Hall–Kier alpha value is -7.72. The second-order valence-electron chi connectivity index (χ2n) is 15.7. The molecule has 3 heteroatoms. The van der Waals surface area contributed by atoms with Crippen molar-refractivity contribution in [2.24, 2.45) is 0 Å². The van der Waals surface area contributed by atoms with Crippen molar-refractivity contribution < 1.29 is 0 Å². The summed E-state index contributed by atoms with van der Waals surface area (Å²) >= 11 is 1.86. The Morgan fingerprint density at radius 3 is 1.52 bits per heavy atom. The van der Waals surface area contributed by atoms with Gasteiger partial charge in [-0.05, 0) is 99.9 Å². The van der Waals surface area contributed by atoms with Crippen LogP contribution in [0.3, 0.4) is 0 Å². The summed E-state index contributed by atoms with van der Waals surface area (Å²) in [5, 5.41) is 7.53. The minimum absolute atomic E-state index is 1.10. The van der Waals surface area contributed by atoms with E-state index in [2.05, 4.69) is 240 Å². The first kappa shape index (κ1) is 35.2. The molecule has 0 saturated heterocycles. The minimum atomic E-state index is 1.10. The summed E-state index contributed by atoms with van der Waals surface area (Å²) in [6.07, 6.45) is 0. The van der Waals surface area contributed by atoms with Gasteiger partial charge in [0.2, 0.25) is 0 Å². The molecule has 286 valence electrons. The van der Waals surface area contributed by atoms with Gasteiger partial charge in [-0.1, -0.05) is 164 Å². The second-order valence-corrected chi connectivity index (χ2v) is 16.8. The Morgan fingerprint density at radius 1 is 0.311 bits per heavy atom. The molecule has 10 aromatic carbocycles. The third kappa shape index (κ3) is 5.93. The first-order valence-corrected chi connectivity index (χ1v) is 21.7. The highest BCUT2D eigenvalue weighted by atomic mass is 32.1. The number of thiophene rings is 1. The van der Waals surface area contributed by atoms with Crippen LogP contribution in [0.2, 0.25) is 0 Å². The van der Waals surface area contributed by atoms with Gasteiger partial charge in [0.25, 0.3) is 0 Å². The van der Waals surface area contributed by atoms with Crippen LogP contribution in [0.4, 0.5) is 17.1 Å². The monoisotopic (exact) mass is 794 g/mol. The number of aromatic nitrogens is 1. The number of hydrogen-bond donors (Lipinski definition) is 0. The van der Waals surface area contributed by atoms with Crippen LogP contribution in [0, 0.1) is 0 Å². The molecule has 2 aromatic heterocycles. The van der Waals surface area contributed by atoms with Gasteiger partial charge in [-0.25, -0.2) is 0 Å². The largest absolute Gasteiger partial charge is 0.310 e. The first-order valence-electron chi connectivity index (χ1n) is 20.8. The second kappa shape index (κ2) is 14.5. The van der Waals surface area contributed by atoms with E-state index in [9.17, 15) is 0 Å². The Labute approximate surface area is 358 Å². The van der Waals surface area contributed by atoms with Crippen LogP contribution in [0.25, 0.3) is 91.8 Å². The van der Waals surface area contributed by atoms with E-state index in [4.69, 9.17) is 0 Å². The maximum Gasteiger partial charge on any atom is 0.0541 e. The maximum atomic E-state index is 2.43. The number of nitrogens with zero attached hydrogens (tertiary/aromatic N) is 2. The van der Waals surface area contributed by atoms with Gasteiger partial charge in [-0.2, -0.15) is 0 Å². The van der Waals surface area contributed by atoms with Gasteiger partial charge < -0.3 is 9.47 Å². The lowest BCUT2D eigenvalue weighted by molar-refractivity contribution is 1.18. The molecule has 2 heterocycles. The van der Waals surface area contributed by atoms with Gasteiger partial charge in [0.1, 0.15) is 0 Å². The molecule has 0 atom stereocenters. The molecule has 61 heavy (non-hydrogen) atoms. The first-order chi connectivity index (χ1) is 30.3. The molecule has 0 fully saturated rings. The fraction of sp³-hybridized carbons (Fsp3) is 0. The molecule has 12 rings (SSSR count). The van der Waals surface area contributed by atoms with E-state index in [0.29, 0.717) is 0 Å². The predicted octanol–water partition coefficient (Wildman–Crippen LogP) is 16.8. The fourth-order valence-electron chi connectivity index (χ4n) is 9.36. The lowest BCUT2D eigenvalue weighted by Crippen LogP contribution is -2.10. The summed E-state index contributed by atoms with van der Waals surface area (Å²) in [6.45, 7) is 0. The molecule has 0 aliphatic carbocycles. The molecule has 0 unspecified atom stereocenters. The van der Waals surface area contributed by atoms with Crippen LogP contribution in [-0.2, 0) is 0 Å². The zero-order valence-electron chi connectivity index (χ0n) is 33.2. The summed E-state index contributed by atoms with van der Waals surface area (Å²) in [5.41, 5.74) is 14.1. The topological polar surface area (TPSA) is 8.17 Å². The lowest BCUT2D eigenvalue weighted by atomic mass is 9.94. The van der Waals surface area contributed by atoms with E-state index in [-0.39, 0.29) is 0 Å². The van der Waals surface area contributed by atoms with Gasteiger partial charge >= 0.3 is 0 Å². The molecular weight excluding hydrogens is 757 g/mol. The van der Waals surface area contributed by atoms with Crippen LogP contribution >= 0.6 is 11.3 Å². The van der Waals surface area contributed by atoms with Crippen LogP contribution in [-0.4, -0.2) is 4.57 Å². The third-order valence-corrected chi connectivity index (χ3v) is 13.4. The van der Waals surface area contributed by atoms with Crippen LogP contribution < -0.4 is 4.90 Å². The minimum Gasteiger partial charge on any atom is -0.310 e. The highest BCUT2D eigenvalue weighted by molar-refractivity contribution is 7.25. The molecule has 0 N–H and O–H groups in total. The van der Waals surface area contributed by atoms with E-state index in [1.165, 1.54) is 86.1 Å². The van der Waals surface area contributed by atoms with E-state index in [1.807, 2.05) is 11.3 Å². The normalized spacial score (nSPS) is 11.6. The molecule has 0 spiro atoms. The van der Waals surface area contributed by atoms with Gasteiger partial charge in [0.15, 0.2) is 0 Å². The summed E-state index contributed by atoms with van der Waals surface area (Å²) in [7, 11) is 0. The highest BCUT2D eigenvalue weighted by Crippen LogP contribution is 2.45. The van der Waals surface area contributed by atoms with E-state index in [1.54, 1.807) is 0 Å². The van der Waals surface area contributed by atoms with Crippen molar-refractivity contribution in [3.63, 3.8) is 0 Å². The smallest absolute Gasteiger partial charge is 0.0541 e. The molecule has 0 aliphatic heterocycles. The number of para-hydroxylation sites is 3. The van der Waals surface area contributed by atoms with Crippen molar-refractivity contribution >= 4 is 81.1 Å². The van der Waals surface area contributed by atoms with Crippen LogP contribution in [0.1, 0.15) is 0 Å². The average molecular weight is 795 g/mol. The molecule has 12 aromatic rings. The number of hydrogen-bond acceptors (Lipinski definition) is 2. The van der Waals surface area contributed by atoms with Crippen molar-refractivity contribution in [3.05, 3.63) is 231 Å². The third-order valence-electron chi connectivity index (χ3n) is 12.2. The lowest BCUT2D eigenvalue weighted by Gasteiger charge is -2.28. The van der Waals surface area contributed by atoms with Crippen LogP contribution in [0.5, 0.6) is 0 Å². The van der Waals surface area contributed by atoms with Crippen LogP contribution in [0.15, 0.2) is 231 Å². The SMILES string of the molecule is c1ccc(-c2ccc(N(c3ccc(-c4ccc5sc6ccccc6c5c4)cc3)c3ccc(-c4ccccc4-n4c5ccccc5c5ccccc54)c4ccccc34)cc2)cc1. The number of benzene rings is 10. The molecular formula is C58H38N2S. The van der Waals surface area contributed by atoms with Crippen molar-refractivity contribution in [1.82, 2.24) is 4.57 Å². The van der Waals surface area contributed by atoms with Crippen molar-refractivity contribution in [2.75, 3.05) is 4.90 Å². The maximum absolute atomic E-state index is 2.43. The predicted molar refractivity (Wildman–Crippen MR) is 262 cm³/mol. The number of rotatable bonds is 7. The fourth-order valence-corrected chi connectivity index (χ4v) is 10.4. The van der Waals surface area contributed by atoms with Gasteiger partial charge in [-0.3, -0.25) is 0 Å².